The Labute approximate surface area is 102 Å². The Morgan fingerprint density at radius 2 is 2.06 bits per heavy atom. The van der Waals surface area contributed by atoms with E-state index in [-0.39, 0.29) is 18.6 Å². The second-order valence-electron chi connectivity index (χ2n) is 4.23. The zero-order valence-corrected chi connectivity index (χ0v) is 11.0. The number of ether oxygens (including phenoxy) is 1. The van der Waals surface area contributed by atoms with Crippen molar-refractivity contribution in [1.82, 2.24) is 4.90 Å². The molecule has 0 unspecified atom stereocenters. The Balaban J connectivity index is 2.12. The largest absolute Gasteiger partial charge is 0.449 e. The monoisotopic (exact) mass is 265 g/mol. The lowest BCUT2D eigenvalue weighted by Crippen LogP contribution is -2.52. The first kappa shape index (κ1) is 14.2. The zero-order valence-electron chi connectivity index (χ0n) is 10.2. The van der Waals surface area contributed by atoms with Gasteiger partial charge in [0.2, 0.25) is 0 Å². The molecule has 1 aliphatic heterocycles. The van der Waals surface area contributed by atoms with Crippen LogP contribution in [0.1, 0.15) is 19.8 Å². The van der Waals surface area contributed by atoms with Gasteiger partial charge in [-0.1, -0.05) is 13.3 Å². The normalized spacial score (nSPS) is 16.7. The minimum Gasteiger partial charge on any atom is -0.449 e. The summed E-state index contributed by atoms with van der Waals surface area (Å²) in [6.07, 6.45) is 2.54. The first-order valence-electron chi connectivity index (χ1n) is 5.68. The third-order valence-corrected chi connectivity index (χ3v) is 3.02. The van der Waals surface area contributed by atoms with Gasteiger partial charge in [0.05, 0.1) is 19.5 Å². The van der Waals surface area contributed by atoms with Crippen LogP contribution in [0.5, 0.6) is 0 Å². The van der Waals surface area contributed by atoms with Crippen molar-refractivity contribution in [2.45, 2.75) is 19.8 Å². The molecule has 17 heavy (non-hydrogen) atoms. The Morgan fingerprint density at radius 1 is 1.41 bits per heavy atom. The summed E-state index contributed by atoms with van der Waals surface area (Å²) in [6.45, 7) is 3.60. The molecule has 0 aromatic rings. The van der Waals surface area contributed by atoms with E-state index in [1.807, 2.05) is 6.92 Å². The molecule has 1 amide bonds. The molecule has 1 saturated heterocycles. The number of carbonyl (C=O) groups is 1. The second kappa shape index (κ2) is 6.20. The van der Waals surface area contributed by atoms with Gasteiger partial charge >= 0.3 is 6.09 Å². The third kappa shape index (κ3) is 5.36. The summed E-state index contributed by atoms with van der Waals surface area (Å²) in [5.74, 6) is 0.0865. The molecule has 1 heterocycles. The molecule has 0 aliphatic carbocycles. The Morgan fingerprint density at radius 3 is 2.59 bits per heavy atom. The average molecular weight is 265 g/mol. The quantitative estimate of drug-likeness (QED) is 0.525. The van der Waals surface area contributed by atoms with Gasteiger partial charge in [-0.25, -0.2) is 4.79 Å². The number of unbranched alkanes of at least 4 members (excludes halogenated alkanes) is 1. The van der Waals surface area contributed by atoms with Crippen LogP contribution in [0, 0.1) is 5.92 Å². The van der Waals surface area contributed by atoms with Gasteiger partial charge in [0.25, 0.3) is 10.1 Å². The van der Waals surface area contributed by atoms with Gasteiger partial charge < -0.3 is 9.64 Å². The van der Waals surface area contributed by atoms with Gasteiger partial charge in [0.1, 0.15) is 0 Å². The molecule has 7 heteroatoms. The smallest absolute Gasteiger partial charge is 0.409 e. The SMILES string of the molecule is CCCCOC(=O)N1CC(COS(C)(=O)=O)C1. The predicted molar refractivity (Wildman–Crippen MR) is 62.1 cm³/mol. The highest BCUT2D eigenvalue weighted by molar-refractivity contribution is 7.85. The van der Waals surface area contributed by atoms with E-state index in [2.05, 4.69) is 4.18 Å². The van der Waals surface area contributed by atoms with Crippen LogP contribution in [0.4, 0.5) is 4.79 Å². The summed E-state index contributed by atoms with van der Waals surface area (Å²) >= 11 is 0. The summed E-state index contributed by atoms with van der Waals surface area (Å²) in [6, 6.07) is 0. The van der Waals surface area contributed by atoms with E-state index in [0.717, 1.165) is 19.1 Å². The average Bonchev–Trinajstić information content (AvgIpc) is 2.13. The van der Waals surface area contributed by atoms with Crippen molar-refractivity contribution in [3.05, 3.63) is 0 Å². The summed E-state index contributed by atoms with van der Waals surface area (Å²) in [5.41, 5.74) is 0. The minimum absolute atomic E-state index is 0.0865. The topological polar surface area (TPSA) is 72.9 Å². The van der Waals surface area contributed by atoms with Gasteiger partial charge in [-0.15, -0.1) is 0 Å². The number of likely N-dealkylation sites (tertiary alicyclic amines) is 1. The number of nitrogens with zero attached hydrogens (tertiary/aromatic N) is 1. The van der Waals surface area contributed by atoms with Gasteiger partial charge in [0, 0.05) is 19.0 Å². The van der Waals surface area contributed by atoms with Crippen molar-refractivity contribution in [3.8, 4) is 0 Å². The maximum atomic E-state index is 11.4. The molecule has 0 atom stereocenters. The van der Waals surface area contributed by atoms with E-state index in [1.54, 1.807) is 4.90 Å². The van der Waals surface area contributed by atoms with Crippen molar-refractivity contribution in [3.63, 3.8) is 0 Å². The van der Waals surface area contributed by atoms with Crippen molar-refractivity contribution >= 4 is 16.2 Å². The summed E-state index contributed by atoms with van der Waals surface area (Å²) in [5, 5.41) is 0. The van der Waals surface area contributed by atoms with Crippen LogP contribution in [-0.4, -0.2) is 52.0 Å². The fraction of sp³-hybridized carbons (Fsp3) is 0.900. The molecule has 1 fully saturated rings. The van der Waals surface area contributed by atoms with Crippen molar-refractivity contribution in [2.75, 3.05) is 32.6 Å². The number of amides is 1. The molecule has 0 radical (unpaired) electrons. The molecule has 0 N–H and O–H groups in total. The van der Waals surface area contributed by atoms with E-state index >= 15 is 0 Å². The summed E-state index contributed by atoms with van der Waals surface area (Å²) < 4.78 is 31.1. The van der Waals surface area contributed by atoms with Gasteiger partial charge in [-0.05, 0) is 6.42 Å². The van der Waals surface area contributed by atoms with Crippen LogP contribution in [-0.2, 0) is 19.0 Å². The highest BCUT2D eigenvalue weighted by Crippen LogP contribution is 2.17. The van der Waals surface area contributed by atoms with E-state index in [9.17, 15) is 13.2 Å². The van der Waals surface area contributed by atoms with Crippen molar-refractivity contribution in [2.24, 2.45) is 5.92 Å². The van der Waals surface area contributed by atoms with Gasteiger partial charge in [0.15, 0.2) is 0 Å². The van der Waals surface area contributed by atoms with Crippen LogP contribution in [0.25, 0.3) is 0 Å². The molecule has 6 nitrogen and oxygen atoms in total. The summed E-state index contributed by atoms with van der Waals surface area (Å²) in [7, 11) is -3.39. The fourth-order valence-corrected chi connectivity index (χ4v) is 1.88. The molecular formula is C10H19NO5S. The highest BCUT2D eigenvalue weighted by atomic mass is 32.2. The summed E-state index contributed by atoms with van der Waals surface area (Å²) in [4.78, 5) is 12.9. The van der Waals surface area contributed by atoms with E-state index < -0.39 is 10.1 Å². The molecule has 0 aromatic heterocycles. The lowest BCUT2D eigenvalue weighted by molar-refractivity contribution is 0.0385. The van der Waals surface area contributed by atoms with Crippen LogP contribution in [0.2, 0.25) is 0 Å². The molecule has 1 aliphatic rings. The Kier molecular flexibility index (Phi) is 5.20. The maximum absolute atomic E-state index is 11.4. The highest BCUT2D eigenvalue weighted by Gasteiger charge is 2.32. The number of rotatable bonds is 6. The van der Waals surface area contributed by atoms with Gasteiger partial charge in [-0.2, -0.15) is 8.42 Å². The molecule has 1 rings (SSSR count). The van der Waals surface area contributed by atoms with Crippen LogP contribution >= 0.6 is 0 Å². The third-order valence-electron chi connectivity index (χ3n) is 2.46. The maximum Gasteiger partial charge on any atom is 0.409 e. The van der Waals surface area contributed by atoms with E-state index in [4.69, 9.17) is 4.74 Å². The zero-order chi connectivity index (χ0) is 12.9. The molecule has 100 valence electrons. The van der Waals surface area contributed by atoms with Crippen LogP contribution in [0.3, 0.4) is 0 Å². The standard InChI is InChI=1S/C10H19NO5S/c1-3-4-5-15-10(12)11-6-9(7-11)8-16-17(2,13)14/h9H,3-8H2,1-2H3. The Bertz CT molecular complexity index is 348. The first-order chi connectivity index (χ1) is 7.92. The number of hydrogen-bond donors (Lipinski definition) is 0. The second-order valence-corrected chi connectivity index (χ2v) is 5.87. The van der Waals surface area contributed by atoms with Gasteiger partial charge in [-0.3, -0.25) is 4.18 Å². The lowest BCUT2D eigenvalue weighted by Gasteiger charge is -2.37. The molecule has 0 bridgehead atoms. The van der Waals surface area contributed by atoms with Crippen LogP contribution in [0.15, 0.2) is 0 Å². The minimum atomic E-state index is -3.39. The van der Waals surface area contributed by atoms with Crippen LogP contribution < -0.4 is 0 Å². The Hall–Kier alpha value is -0.820. The fourth-order valence-electron chi connectivity index (χ4n) is 1.44. The number of carbonyl (C=O) groups excluding carboxylic acids is 1. The molecular weight excluding hydrogens is 246 g/mol. The molecule has 0 spiro atoms. The van der Waals surface area contributed by atoms with Crippen molar-refractivity contribution < 1.29 is 22.1 Å². The molecule has 0 saturated carbocycles. The number of hydrogen-bond acceptors (Lipinski definition) is 5. The van der Waals surface area contributed by atoms with Crippen molar-refractivity contribution in [1.29, 1.82) is 0 Å². The van der Waals surface area contributed by atoms with E-state index in [0.29, 0.717) is 19.7 Å². The molecule has 0 aromatic carbocycles. The van der Waals surface area contributed by atoms with E-state index in [1.165, 1.54) is 0 Å². The predicted octanol–water partition coefficient (Wildman–Crippen LogP) is 0.831. The first-order valence-corrected chi connectivity index (χ1v) is 7.50. The lowest BCUT2D eigenvalue weighted by atomic mass is 10.0.